The van der Waals surface area contributed by atoms with Crippen LogP contribution in [0.5, 0.6) is 0 Å². The zero-order chi connectivity index (χ0) is 12.8. The Morgan fingerprint density at radius 2 is 2.33 bits per heavy atom. The van der Waals surface area contributed by atoms with Gasteiger partial charge in [0.25, 0.3) is 0 Å². The molecule has 96 valence electrons. The first-order valence-electron chi connectivity index (χ1n) is 6.65. The van der Waals surface area contributed by atoms with Crippen molar-refractivity contribution in [3.05, 3.63) is 18.6 Å². The summed E-state index contributed by atoms with van der Waals surface area (Å²) in [4.78, 5) is 8.39. The summed E-state index contributed by atoms with van der Waals surface area (Å²) in [6.07, 6.45) is 11.1. The molecule has 4 heteroatoms. The van der Waals surface area contributed by atoms with Crippen LogP contribution in [0.3, 0.4) is 0 Å². The molecular formula is C14H19N3S. The van der Waals surface area contributed by atoms with Gasteiger partial charge in [-0.25, -0.2) is 4.98 Å². The molecule has 1 aliphatic rings. The molecule has 18 heavy (non-hydrogen) atoms. The maximum atomic E-state index is 9.26. The monoisotopic (exact) mass is 261 g/mol. The molecule has 0 radical (unpaired) electrons. The summed E-state index contributed by atoms with van der Waals surface area (Å²) in [5.41, 5.74) is 0. The van der Waals surface area contributed by atoms with Crippen LogP contribution in [-0.4, -0.2) is 15.2 Å². The van der Waals surface area contributed by atoms with Gasteiger partial charge in [-0.3, -0.25) is 4.98 Å². The van der Waals surface area contributed by atoms with Gasteiger partial charge in [0.15, 0.2) is 0 Å². The Morgan fingerprint density at radius 3 is 3.00 bits per heavy atom. The van der Waals surface area contributed by atoms with Crippen LogP contribution in [0.15, 0.2) is 23.6 Å². The second kappa shape index (κ2) is 6.75. The van der Waals surface area contributed by atoms with Crippen molar-refractivity contribution in [3.63, 3.8) is 0 Å². The van der Waals surface area contributed by atoms with E-state index in [0.717, 1.165) is 23.8 Å². The van der Waals surface area contributed by atoms with E-state index in [2.05, 4.69) is 23.0 Å². The highest BCUT2D eigenvalue weighted by molar-refractivity contribution is 7.99. The average molecular weight is 261 g/mol. The lowest BCUT2D eigenvalue weighted by atomic mass is 9.80. The molecule has 1 aromatic heterocycles. The van der Waals surface area contributed by atoms with Crippen LogP contribution in [0, 0.1) is 23.2 Å². The molecule has 0 saturated heterocycles. The molecule has 1 aliphatic carbocycles. The fraction of sp³-hybridized carbons (Fsp3) is 0.643. The third-order valence-electron chi connectivity index (χ3n) is 3.57. The largest absolute Gasteiger partial charge is 0.260 e. The highest BCUT2D eigenvalue weighted by atomic mass is 32.2. The highest BCUT2D eigenvalue weighted by Crippen LogP contribution is 2.40. The number of nitriles is 1. The summed E-state index contributed by atoms with van der Waals surface area (Å²) in [5.74, 6) is 0.957. The van der Waals surface area contributed by atoms with Crippen molar-refractivity contribution in [2.75, 3.05) is 0 Å². The SMILES string of the molecule is CCCC1CCC(C#N)C(Sc2cnccn2)C1. The zero-order valence-electron chi connectivity index (χ0n) is 10.7. The van der Waals surface area contributed by atoms with E-state index in [-0.39, 0.29) is 5.92 Å². The smallest absolute Gasteiger partial charge is 0.115 e. The van der Waals surface area contributed by atoms with Crippen LogP contribution in [0.1, 0.15) is 39.0 Å². The Bertz CT molecular complexity index is 401. The van der Waals surface area contributed by atoms with E-state index in [4.69, 9.17) is 0 Å². The molecule has 0 aliphatic heterocycles. The molecule has 2 rings (SSSR count). The first-order valence-corrected chi connectivity index (χ1v) is 7.53. The predicted molar refractivity (Wildman–Crippen MR) is 73.0 cm³/mol. The van der Waals surface area contributed by atoms with Gasteiger partial charge in [0.05, 0.1) is 18.2 Å². The maximum absolute atomic E-state index is 9.26. The normalized spacial score (nSPS) is 27.7. The molecule has 0 N–H and O–H groups in total. The van der Waals surface area contributed by atoms with Gasteiger partial charge in [-0.05, 0) is 25.2 Å². The topological polar surface area (TPSA) is 49.6 Å². The summed E-state index contributed by atoms with van der Waals surface area (Å²) >= 11 is 1.73. The van der Waals surface area contributed by atoms with Crippen molar-refractivity contribution >= 4 is 11.8 Å². The molecule has 3 nitrogen and oxygen atoms in total. The van der Waals surface area contributed by atoms with Crippen LogP contribution < -0.4 is 0 Å². The number of thioether (sulfide) groups is 1. The van der Waals surface area contributed by atoms with Gasteiger partial charge in [0, 0.05) is 17.6 Å². The third kappa shape index (κ3) is 3.46. The van der Waals surface area contributed by atoms with E-state index in [9.17, 15) is 5.26 Å². The molecule has 1 heterocycles. The van der Waals surface area contributed by atoms with Crippen LogP contribution >= 0.6 is 11.8 Å². The Kier molecular flexibility index (Phi) is 5.00. The molecule has 1 aromatic rings. The Morgan fingerprint density at radius 1 is 1.44 bits per heavy atom. The minimum absolute atomic E-state index is 0.171. The van der Waals surface area contributed by atoms with Crippen LogP contribution in [0.2, 0.25) is 0 Å². The van der Waals surface area contributed by atoms with Crippen molar-refractivity contribution in [2.45, 2.75) is 49.3 Å². The number of rotatable bonds is 4. The maximum Gasteiger partial charge on any atom is 0.115 e. The van der Waals surface area contributed by atoms with Gasteiger partial charge in [0.1, 0.15) is 5.03 Å². The van der Waals surface area contributed by atoms with Crippen molar-refractivity contribution in [1.29, 1.82) is 5.26 Å². The first kappa shape index (κ1) is 13.4. The second-order valence-corrected chi connectivity index (χ2v) is 6.16. The number of hydrogen-bond donors (Lipinski definition) is 0. The van der Waals surface area contributed by atoms with Gasteiger partial charge in [-0.1, -0.05) is 19.8 Å². The fourth-order valence-corrected chi connectivity index (χ4v) is 3.94. The minimum atomic E-state index is 0.171. The molecular weight excluding hydrogens is 242 g/mol. The molecule has 3 unspecified atom stereocenters. The second-order valence-electron chi connectivity index (χ2n) is 4.90. The van der Waals surface area contributed by atoms with E-state index in [1.165, 1.54) is 19.3 Å². The average Bonchev–Trinajstić information content (AvgIpc) is 2.41. The van der Waals surface area contributed by atoms with Gasteiger partial charge >= 0.3 is 0 Å². The molecule has 1 saturated carbocycles. The molecule has 0 bridgehead atoms. The lowest BCUT2D eigenvalue weighted by Crippen LogP contribution is -2.26. The standard InChI is InChI=1S/C14H19N3S/c1-2-3-11-4-5-12(9-15)13(8-11)18-14-10-16-6-7-17-14/h6-7,10-13H,2-5,8H2,1H3. The third-order valence-corrected chi connectivity index (χ3v) is 4.85. The lowest BCUT2D eigenvalue weighted by molar-refractivity contribution is 0.306. The fourth-order valence-electron chi connectivity index (χ4n) is 2.66. The Balaban J connectivity index is 2.00. The summed E-state index contributed by atoms with van der Waals surface area (Å²) in [5, 5.41) is 10.6. The van der Waals surface area contributed by atoms with Crippen LogP contribution in [0.25, 0.3) is 0 Å². The molecule has 0 spiro atoms. The minimum Gasteiger partial charge on any atom is -0.260 e. The van der Waals surface area contributed by atoms with Crippen molar-refractivity contribution in [2.24, 2.45) is 11.8 Å². The van der Waals surface area contributed by atoms with E-state index in [1.807, 2.05) is 0 Å². The van der Waals surface area contributed by atoms with E-state index in [0.29, 0.717) is 5.25 Å². The summed E-state index contributed by atoms with van der Waals surface area (Å²) in [7, 11) is 0. The van der Waals surface area contributed by atoms with Crippen LogP contribution in [0.4, 0.5) is 0 Å². The number of nitrogens with zero attached hydrogens (tertiary/aromatic N) is 3. The van der Waals surface area contributed by atoms with Crippen molar-refractivity contribution < 1.29 is 0 Å². The van der Waals surface area contributed by atoms with E-state index < -0.39 is 0 Å². The molecule has 3 atom stereocenters. The number of hydrogen-bond acceptors (Lipinski definition) is 4. The quantitative estimate of drug-likeness (QED) is 0.829. The molecule has 0 amide bonds. The van der Waals surface area contributed by atoms with E-state index in [1.54, 1.807) is 30.4 Å². The summed E-state index contributed by atoms with van der Waals surface area (Å²) in [6, 6.07) is 2.47. The predicted octanol–water partition coefficient (Wildman–Crippen LogP) is 3.68. The van der Waals surface area contributed by atoms with Crippen molar-refractivity contribution in [1.82, 2.24) is 9.97 Å². The molecule has 1 fully saturated rings. The van der Waals surface area contributed by atoms with Crippen LogP contribution in [-0.2, 0) is 0 Å². The van der Waals surface area contributed by atoms with Crippen molar-refractivity contribution in [3.8, 4) is 6.07 Å². The number of aromatic nitrogens is 2. The summed E-state index contributed by atoms with van der Waals surface area (Å²) in [6.45, 7) is 2.24. The van der Waals surface area contributed by atoms with E-state index >= 15 is 0 Å². The zero-order valence-corrected chi connectivity index (χ0v) is 11.6. The Labute approximate surface area is 113 Å². The van der Waals surface area contributed by atoms with Gasteiger partial charge in [-0.15, -0.1) is 11.8 Å². The van der Waals surface area contributed by atoms with Gasteiger partial charge in [0.2, 0.25) is 0 Å². The van der Waals surface area contributed by atoms with Gasteiger partial charge < -0.3 is 0 Å². The molecule has 0 aromatic carbocycles. The summed E-state index contributed by atoms with van der Waals surface area (Å²) < 4.78 is 0. The highest BCUT2D eigenvalue weighted by Gasteiger charge is 2.31. The first-order chi connectivity index (χ1) is 8.83. The Hall–Kier alpha value is -1.08. The van der Waals surface area contributed by atoms with Gasteiger partial charge in [-0.2, -0.15) is 5.26 Å². The lowest BCUT2D eigenvalue weighted by Gasteiger charge is -2.31.